The number of amides is 15. The Balaban J connectivity index is 2.36. The summed E-state index contributed by atoms with van der Waals surface area (Å²) in [5.74, 6) is -18.2. The van der Waals surface area contributed by atoms with E-state index in [2.05, 4.69) is 71.1 Å². The second-order valence-electron chi connectivity index (χ2n) is 27.2. The molecular weight excluding hydrogens is 1470 g/mol. The van der Waals surface area contributed by atoms with Gasteiger partial charge in [0, 0.05) is 25.3 Å². The number of aliphatic hydroxyl groups is 3. The van der Waals surface area contributed by atoms with Crippen molar-refractivity contribution in [1.29, 1.82) is 0 Å². The number of hydrogen-bond donors (Lipinski definition) is 24. The van der Waals surface area contributed by atoms with Crippen molar-refractivity contribution < 1.29 is 107 Å². The van der Waals surface area contributed by atoms with Crippen LogP contribution in [0.5, 0.6) is 0 Å². The fraction of sp³-hybridized carbons (Fsp3) is 0.746. The van der Waals surface area contributed by atoms with Crippen molar-refractivity contribution in [2.75, 3.05) is 64.7 Å². The van der Waals surface area contributed by atoms with Crippen molar-refractivity contribution >= 4 is 113 Å². The molecule has 624 valence electrons. The number of nitrogens with one attached hydrogen (secondary N) is 12. The van der Waals surface area contributed by atoms with Gasteiger partial charge in [0.1, 0.15) is 72.5 Å². The Morgan fingerprint density at radius 2 is 0.827 bits per heavy atom. The summed E-state index contributed by atoms with van der Waals surface area (Å²) in [6.07, 6.45) is -1.77. The third-order valence-electron chi connectivity index (χ3n) is 18.5. The standard InChI is InChI=1S/C67H118N20O22S/c1-5-35(2)52(83-59(100)42(22-23-51(94)95)78-56(97)41(19-9-13-27-71)80-62(103)46-20-14-28-86(46)65(106)45(34-110)82-64(105)53(36(3)89)84-58(99)39(17-7-11-25-69)75-49(92)31-72)66(107)87-29-15-21-47(87)63(104)79-38(16-6-10-24-68)55(96)74-32-50(93)76-44(33-88)61(102)77-40(18-8-12-26-70)57(98)81-43(30-48(73)91)60(101)85-54(37(4)90)67(108)109/h35-47,52-54,88-90,110H,5-34,68-72H2,1-4H3,(H2,73,91)(H,74,96)(H,75,92)(H,76,93)(H,77,102)(H,78,97)(H,79,104)(H,80,103)(H,81,98)(H,82,105)(H,83,100)(H,84,99)(H,85,101)(H,94,95)(H,108,109)/t35-,36+,37+,38-,39-,40-,41-,42-,43-,44-,45-,46-,47-,52-,53-,54-/m0/s1. The number of carboxylic acid groups (broad SMARTS) is 2. The second kappa shape index (κ2) is 51.5. The molecule has 110 heavy (non-hydrogen) atoms. The van der Waals surface area contributed by atoms with Gasteiger partial charge in [0.15, 0.2) is 6.04 Å². The number of nitrogens with two attached hydrogens (primary N) is 6. The minimum absolute atomic E-state index is 0.00321. The summed E-state index contributed by atoms with van der Waals surface area (Å²) in [5, 5.41) is 79.1. The topological polar surface area (TPSA) is 698 Å². The van der Waals surface area contributed by atoms with Gasteiger partial charge in [-0.05, 0) is 155 Å². The summed E-state index contributed by atoms with van der Waals surface area (Å²) in [7, 11) is 0. The maximum absolute atomic E-state index is 14.8. The van der Waals surface area contributed by atoms with E-state index in [1.165, 1.54) is 16.7 Å². The molecule has 0 radical (unpaired) electrons. The van der Waals surface area contributed by atoms with Crippen molar-refractivity contribution in [3.63, 3.8) is 0 Å². The van der Waals surface area contributed by atoms with E-state index < -0.39 is 236 Å². The third kappa shape index (κ3) is 33.3. The van der Waals surface area contributed by atoms with Crippen molar-refractivity contribution in [3.05, 3.63) is 0 Å². The lowest BCUT2D eigenvalue weighted by Crippen LogP contribution is -2.62. The highest BCUT2D eigenvalue weighted by Crippen LogP contribution is 2.24. The Morgan fingerprint density at radius 3 is 1.25 bits per heavy atom. The second-order valence-corrected chi connectivity index (χ2v) is 27.5. The molecule has 29 N–H and O–H groups in total. The van der Waals surface area contributed by atoms with Crippen LogP contribution in [-0.4, -0.2) is 291 Å². The molecule has 2 aliphatic heterocycles. The van der Waals surface area contributed by atoms with Gasteiger partial charge in [-0.2, -0.15) is 12.6 Å². The molecule has 16 atom stereocenters. The SMILES string of the molecule is CC[C@H](C)[C@H](NC(=O)[C@H](CCC(=O)O)NC(=O)[C@H](CCCCN)NC(=O)[C@@H]1CCCN1C(=O)[C@H](CS)NC(=O)[C@@H](NC(=O)[C@H](CCCCN)NC(=O)CN)[C@@H](C)O)C(=O)N1CCC[C@H]1C(=O)N[C@@H](CCCCN)C(=O)NCC(=O)N[C@@H](CO)C(=O)N[C@@H](CCCCN)C(=O)N[C@@H](CC(N)=O)C(=O)N[C@H](C(=O)O)[C@@H](C)O. The highest BCUT2D eigenvalue weighted by Gasteiger charge is 2.44. The molecule has 0 unspecified atom stereocenters. The first-order valence-corrected chi connectivity index (χ1v) is 37.8. The van der Waals surface area contributed by atoms with Crippen molar-refractivity contribution in [1.82, 2.24) is 73.6 Å². The number of carbonyl (C=O) groups is 17. The number of thiol groups is 1. The van der Waals surface area contributed by atoms with E-state index in [1.54, 1.807) is 13.8 Å². The molecule has 2 aliphatic rings. The van der Waals surface area contributed by atoms with Crippen molar-refractivity contribution in [2.45, 2.75) is 247 Å². The number of nitrogens with zero attached hydrogens (tertiary/aromatic N) is 2. The molecule has 0 bridgehead atoms. The lowest BCUT2D eigenvalue weighted by Gasteiger charge is -2.33. The van der Waals surface area contributed by atoms with Crippen LogP contribution in [0.3, 0.4) is 0 Å². The van der Waals surface area contributed by atoms with Gasteiger partial charge in [0.25, 0.3) is 0 Å². The zero-order chi connectivity index (χ0) is 82.9. The Kier molecular flexibility index (Phi) is 45.4. The molecule has 2 heterocycles. The van der Waals surface area contributed by atoms with E-state index in [4.69, 9.17) is 34.4 Å². The minimum Gasteiger partial charge on any atom is -0.481 e. The minimum atomic E-state index is -1.87. The van der Waals surface area contributed by atoms with Gasteiger partial charge >= 0.3 is 11.9 Å². The molecule has 2 saturated heterocycles. The summed E-state index contributed by atoms with van der Waals surface area (Å²) >= 11 is 4.28. The van der Waals surface area contributed by atoms with E-state index in [0.29, 0.717) is 38.6 Å². The highest BCUT2D eigenvalue weighted by atomic mass is 32.1. The number of primary amides is 1. The molecular formula is C67H118N20O22S. The Bertz CT molecular complexity index is 3100. The lowest BCUT2D eigenvalue weighted by molar-refractivity contribution is -0.145. The number of aliphatic hydroxyl groups excluding tert-OH is 3. The van der Waals surface area contributed by atoms with Gasteiger partial charge < -0.3 is 134 Å². The van der Waals surface area contributed by atoms with E-state index >= 15 is 0 Å². The van der Waals surface area contributed by atoms with E-state index in [1.807, 2.05) is 5.32 Å². The maximum atomic E-state index is 14.8. The smallest absolute Gasteiger partial charge is 0.328 e. The number of rotatable bonds is 54. The molecule has 43 heteroatoms. The summed E-state index contributed by atoms with van der Waals surface area (Å²) in [6.45, 7) is 4.00. The molecule has 2 fully saturated rings. The number of hydrogen-bond acceptors (Lipinski definition) is 26. The van der Waals surface area contributed by atoms with Crippen LogP contribution in [0.25, 0.3) is 0 Å². The summed E-state index contributed by atoms with van der Waals surface area (Å²) in [6, 6.07) is -19.6. The summed E-state index contributed by atoms with van der Waals surface area (Å²) < 4.78 is 0. The van der Waals surface area contributed by atoms with Crippen LogP contribution >= 0.6 is 12.6 Å². The van der Waals surface area contributed by atoms with E-state index in [-0.39, 0.29) is 116 Å². The molecule has 0 saturated carbocycles. The van der Waals surface area contributed by atoms with Gasteiger partial charge in [0.05, 0.1) is 38.3 Å². The Labute approximate surface area is 643 Å². The van der Waals surface area contributed by atoms with Gasteiger partial charge in [-0.25, -0.2) is 4.79 Å². The zero-order valence-corrected chi connectivity index (χ0v) is 63.8. The fourth-order valence-electron chi connectivity index (χ4n) is 12.0. The van der Waals surface area contributed by atoms with Gasteiger partial charge in [-0.3, -0.25) is 76.7 Å². The fourth-order valence-corrected chi connectivity index (χ4v) is 12.2. The van der Waals surface area contributed by atoms with Crippen LogP contribution in [0.4, 0.5) is 0 Å². The first-order valence-electron chi connectivity index (χ1n) is 37.1. The monoisotopic (exact) mass is 1590 g/mol. The number of carbonyl (C=O) groups excluding carboxylic acids is 15. The average Bonchev–Trinajstić information content (AvgIpc) is 1.63. The van der Waals surface area contributed by atoms with Crippen LogP contribution in [0.15, 0.2) is 0 Å². The molecule has 0 aromatic heterocycles. The molecule has 0 aromatic carbocycles. The quantitative estimate of drug-likeness (QED) is 0.0199. The predicted molar refractivity (Wildman–Crippen MR) is 396 cm³/mol. The average molecular weight is 1590 g/mol. The number of unbranched alkanes of at least 4 members (excludes halogenated alkanes) is 4. The molecule has 0 spiro atoms. The molecule has 42 nitrogen and oxygen atoms in total. The summed E-state index contributed by atoms with van der Waals surface area (Å²) in [5.41, 5.74) is 33.5. The van der Waals surface area contributed by atoms with Gasteiger partial charge in [-0.1, -0.05) is 20.3 Å². The first kappa shape index (κ1) is 97.1. The van der Waals surface area contributed by atoms with Crippen molar-refractivity contribution in [3.8, 4) is 0 Å². The third-order valence-corrected chi connectivity index (χ3v) is 18.8. The lowest BCUT2D eigenvalue weighted by atomic mass is 9.96. The van der Waals surface area contributed by atoms with Crippen LogP contribution in [0, 0.1) is 5.92 Å². The molecule has 2 rings (SSSR count). The first-order chi connectivity index (χ1) is 52.1. The highest BCUT2D eigenvalue weighted by molar-refractivity contribution is 7.80. The molecule has 15 amide bonds. The number of likely N-dealkylation sites (tertiary alicyclic amines) is 2. The Morgan fingerprint density at radius 1 is 0.445 bits per heavy atom. The van der Waals surface area contributed by atoms with Gasteiger partial charge in [-0.15, -0.1) is 0 Å². The summed E-state index contributed by atoms with van der Waals surface area (Å²) in [4.78, 5) is 232. The van der Waals surface area contributed by atoms with Crippen LogP contribution < -0.4 is 98.2 Å². The molecule has 0 aliphatic carbocycles. The Hall–Kier alpha value is -8.98. The van der Waals surface area contributed by atoms with Crippen molar-refractivity contribution in [2.24, 2.45) is 40.3 Å². The number of aliphatic carboxylic acids is 2. The van der Waals surface area contributed by atoms with Gasteiger partial charge in [0.2, 0.25) is 88.6 Å². The van der Waals surface area contributed by atoms with Crippen LogP contribution in [0.1, 0.15) is 156 Å². The normalized spacial score (nSPS) is 17.8. The number of carboxylic acids is 2. The van der Waals surface area contributed by atoms with Crippen LogP contribution in [-0.2, 0) is 81.5 Å². The predicted octanol–water partition coefficient (Wildman–Crippen LogP) is -9.55. The molecule has 0 aromatic rings. The zero-order valence-electron chi connectivity index (χ0n) is 62.9. The van der Waals surface area contributed by atoms with E-state index in [9.17, 15) is 107 Å². The van der Waals surface area contributed by atoms with E-state index in [0.717, 1.165) is 6.92 Å². The largest absolute Gasteiger partial charge is 0.481 e. The maximum Gasteiger partial charge on any atom is 0.328 e. The van der Waals surface area contributed by atoms with Crippen LogP contribution in [0.2, 0.25) is 0 Å².